The largest absolute Gasteiger partial charge is 0.465 e. The first-order chi connectivity index (χ1) is 16.6. The number of aryl methyl sites for hydroxylation is 1. The van der Waals surface area contributed by atoms with Gasteiger partial charge in [-0.3, -0.25) is 19.9 Å². The van der Waals surface area contributed by atoms with Crippen molar-refractivity contribution in [2.75, 3.05) is 18.5 Å². The maximum absolute atomic E-state index is 13.1. The normalized spacial score (nSPS) is 17.5. The Bertz CT molecular complexity index is 1330. The van der Waals surface area contributed by atoms with Gasteiger partial charge in [-0.1, -0.05) is 6.07 Å². The van der Waals surface area contributed by atoms with Gasteiger partial charge in [-0.2, -0.15) is 0 Å². The molecule has 182 valence electrons. The lowest BCUT2D eigenvalue weighted by Crippen LogP contribution is -2.41. The van der Waals surface area contributed by atoms with Crippen LogP contribution in [0.15, 0.2) is 42.5 Å². The number of nitrogens with zero attached hydrogens (tertiary/aromatic N) is 3. The van der Waals surface area contributed by atoms with Crippen molar-refractivity contribution in [2.45, 2.75) is 25.9 Å². The third-order valence-corrected chi connectivity index (χ3v) is 6.06. The quantitative estimate of drug-likeness (QED) is 0.167. The van der Waals surface area contributed by atoms with E-state index in [0.717, 1.165) is 21.9 Å². The summed E-state index contributed by atoms with van der Waals surface area (Å²) in [6.07, 6.45) is 0. The van der Waals surface area contributed by atoms with Gasteiger partial charge in [0.25, 0.3) is 5.91 Å². The van der Waals surface area contributed by atoms with Crippen molar-refractivity contribution < 1.29 is 19.1 Å². The van der Waals surface area contributed by atoms with E-state index in [4.69, 9.17) is 20.9 Å². The Labute approximate surface area is 201 Å². The van der Waals surface area contributed by atoms with Gasteiger partial charge in [-0.25, -0.2) is 9.78 Å². The second kappa shape index (κ2) is 9.09. The van der Waals surface area contributed by atoms with E-state index >= 15 is 0 Å². The zero-order chi connectivity index (χ0) is 25.3. The van der Waals surface area contributed by atoms with E-state index in [0.29, 0.717) is 23.2 Å². The summed E-state index contributed by atoms with van der Waals surface area (Å²) < 4.78 is 6.82. The van der Waals surface area contributed by atoms with E-state index in [1.165, 1.54) is 0 Å². The van der Waals surface area contributed by atoms with Crippen LogP contribution in [0.3, 0.4) is 0 Å². The number of anilines is 1. The van der Waals surface area contributed by atoms with Crippen molar-refractivity contribution in [3.63, 3.8) is 0 Å². The summed E-state index contributed by atoms with van der Waals surface area (Å²) in [6, 6.07) is 12.0. The van der Waals surface area contributed by atoms with Gasteiger partial charge in [0.15, 0.2) is 0 Å². The van der Waals surface area contributed by atoms with Gasteiger partial charge in [0.05, 0.1) is 24.2 Å². The molecule has 0 spiro atoms. The second-order valence-electron chi connectivity index (χ2n) is 8.39. The van der Waals surface area contributed by atoms with E-state index in [-0.39, 0.29) is 12.4 Å². The highest BCUT2D eigenvalue weighted by atomic mass is 16.5. The number of amides is 3. The third-order valence-electron chi connectivity index (χ3n) is 6.06. The first-order valence-corrected chi connectivity index (χ1v) is 11.1. The predicted octanol–water partition coefficient (Wildman–Crippen LogP) is 1.80. The van der Waals surface area contributed by atoms with Crippen molar-refractivity contribution in [1.29, 1.82) is 5.41 Å². The Morgan fingerprint density at radius 2 is 1.94 bits per heavy atom. The fourth-order valence-electron chi connectivity index (χ4n) is 4.04. The number of carbonyl (C=O) groups excluding carboxylic acids is 3. The number of hydrogen-bond donors (Lipinski definition) is 4. The fraction of sp³-hybridized carbons (Fsp3) is 0.292. The number of urea groups is 1. The maximum Gasteiger partial charge on any atom is 0.326 e. The number of nitrogens with two attached hydrogens (primary N) is 1. The summed E-state index contributed by atoms with van der Waals surface area (Å²) in [7, 11) is 1.90. The molecule has 35 heavy (non-hydrogen) atoms. The van der Waals surface area contributed by atoms with E-state index in [1.807, 2.05) is 29.8 Å². The molecule has 0 aliphatic carbocycles. The van der Waals surface area contributed by atoms with Crippen molar-refractivity contribution in [1.82, 2.24) is 19.8 Å². The molecule has 1 unspecified atom stereocenters. The molecule has 11 heteroatoms. The molecule has 3 amide bonds. The standard InChI is InChI=1S/C24H27N7O4/c1-4-35-20(32)13-31-22(33)24(2,29-23(31)34)15-7-10-18-17(11-15)28-19(30(18)3)12-27-16-8-5-14(6-9-16)21(25)26/h5-11,27H,4,12-13H2,1-3H3,(H3,25,26)(H,29,34). The van der Waals surface area contributed by atoms with E-state index in [9.17, 15) is 14.4 Å². The molecule has 5 N–H and O–H groups in total. The predicted molar refractivity (Wildman–Crippen MR) is 130 cm³/mol. The van der Waals surface area contributed by atoms with Crippen LogP contribution in [-0.2, 0) is 33.5 Å². The van der Waals surface area contributed by atoms with Crippen LogP contribution in [0.4, 0.5) is 10.5 Å². The molecule has 1 aliphatic rings. The van der Waals surface area contributed by atoms with Crippen LogP contribution in [0, 0.1) is 5.41 Å². The number of ether oxygens (including phenoxy) is 1. The summed E-state index contributed by atoms with van der Waals surface area (Å²) in [6.45, 7) is 3.43. The number of aromatic nitrogens is 2. The number of imidazole rings is 1. The van der Waals surface area contributed by atoms with Gasteiger partial charge in [0.2, 0.25) is 0 Å². The van der Waals surface area contributed by atoms with Crippen molar-refractivity contribution in [3.8, 4) is 0 Å². The number of nitrogen functional groups attached to an aromatic ring is 1. The number of esters is 1. The van der Waals surface area contributed by atoms with Crippen molar-refractivity contribution in [3.05, 3.63) is 59.4 Å². The highest BCUT2D eigenvalue weighted by Gasteiger charge is 2.49. The maximum atomic E-state index is 13.1. The molecule has 3 aromatic rings. The molecule has 2 aromatic carbocycles. The van der Waals surface area contributed by atoms with Crippen molar-refractivity contribution in [2.24, 2.45) is 12.8 Å². The van der Waals surface area contributed by atoms with E-state index in [2.05, 4.69) is 10.6 Å². The smallest absolute Gasteiger partial charge is 0.326 e. The number of hydrogen-bond acceptors (Lipinski definition) is 7. The first kappa shape index (κ1) is 23.7. The Morgan fingerprint density at radius 1 is 1.23 bits per heavy atom. The van der Waals surface area contributed by atoms with Crippen LogP contribution in [0.25, 0.3) is 11.0 Å². The Hall–Kier alpha value is -4.41. The summed E-state index contributed by atoms with van der Waals surface area (Å²) >= 11 is 0. The Kier molecular flexibility index (Phi) is 6.16. The number of fused-ring (bicyclic) bond motifs is 1. The lowest BCUT2D eigenvalue weighted by atomic mass is 9.91. The summed E-state index contributed by atoms with van der Waals surface area (Å²) in [4.78, 5) is 43.0. The molecule has 2 heterocycles. The molecule has 1 fully saturated rings. The lowest BCUT2D eigenvalue weighted by molar-refractivity contribution is -0.147. The molecular formula is C24H27N7O4. The lowest BCUT2D eigenvalue weighted by Gasteiger charge is -2.22. The van der Waals surface area contributed by atoms with E-state index < -0.39 is 30.0 Å². The number of carbonyl (C=O) groups is 3. The third kappa shape index (κ3) is 4.39. The number of rotatable bonds is 8. The molecule has 4 rings (SSSR count). The van der Waals surface area contributed by atoms with Gasteiger partial charge in [-0.05, 0) is 55.8 Å². The van der Waals surface area contributed by atoms with Crippen LogP contribution in [0.1, 0.15) is 30.8 Å². The molecular weight excluding hydrogens is 450 g/mol. The van der Waals surface area contributed by atoms with Gasteiger partial charge in [-0.15, -0.1) is 0 Å². The minimum Gasteiger partial charge on any atom is -0.465 e. The van der Waals surface area contributed by atoms with Crippen molar-refractivity contribution >= 4 is 40.5 Å². The SMILES string of the molecule is CCOC(=O)CN1C(=O)NC(C)(c2ccc3c(c2)nc(CNc2ccc(C(=N)N)cc2)n3C)C1=O. The van der Waals surface area contributed by atoms with Gasteiger partial charge in [0.1, 0.15) is 23.7 Å². The van der Waals surface area contributed by atoms with Crippen LogP contribution >= 0.6 is 0 Å². The first-order valence-electron chi connectivity index (χ1n) is 11.1. The molecule has 1 aliphatic heterocycles. The minimum atomic E-state index is -1.33. The second-order valence-corrected chi connectivity index (χ2v) is 8.39. The molecule has 0 radical (unpaired) electrons. The molecule has 1 saturated heterocycles. The van der Waals surface area contributed by atoms with Crippen LogP contribution in [-0.4, -0.2) is 51.3 Å². The monoisotopic (exact) mass is 477 g/mol. The minimum absolute atomic E-state index is 0.0114. The summed E-state index contributed by atoms with van der Waals surface area (Å²) in [5.74, 6) is -0.392. The highest BCUT2D eigenvalue weighted by Crippen LogP contribution is 2.31. The number of nitrogens with one attached hydrogen (secondary N) is 3. The topological polar surface area (TPSA) is 155 Å². The average molecular weight is 478 g/mol. The zero-order valence-electron chi connectivity index (χ0n) is 19.7. The molecule has 1 atom stereocenters. The summed E-state index contributed by atoms with van der Waals surface area (Å²) in [5.41, 5.74) is 7.77. The van der Waals surface area contributed by atoms with E-state index in [1.54, 1.807) is 38.1 Å². The highest BCUT2D eigenvalue weighted by molar-refractivity contribution is 6.09. The van der Waals surface area contributed by atoms with Gasteiger partial charge < -0.3 is 25.7 Å². The Morgan fingerprint density at radius 3 is 2.60 bits per heavy atom. The zero-order valence-corrected chi connectivity index (χ0v) is 19.7. The fourth-order valence-corrected chi connectivity index (χ4v) is 4.04. The average Bonchev–Trinajstić information content (AvgIpc) is 3.26. The number of benzene rings is 2. The Balaban J connectivity index is 1.55. The molecule has 0 saturated carbocycles. The molecule has 1 aromatic heterocycles. The molecule has 11 nitrogen and oxygen atoms in total. The number of imide groups is 1. The van der Waals surface area contributed by atoms with Gasteiger partial charge in [0, 0.05) is 18.3 Å². The number of amidine groups is 1. The summed E-state index contributed by atoms with van der Waals surface area (Å²) in [5, 5.41) is 13.5. The molecule has 0 bridgehead atoms. The van der Waals surface area contributed by atoms with Gasteiger partial charge >= 0.3 is 12.0 Å². The van der Waals surface area contributed by atoms with Crippen LogP contribution < -0.4 is 16.4 Å². The van der Waals surface area contributed by atoms with Crippen LogP contribution in [0.5, 0.6) is 0 Å². The van der Waals surface area contributed by atoms with Crippen LogP contribution in [0.2, 0.25) is 0 Å².